The third-order valence-electron chi connectivity index (χ3n) is 5.62. The molecular weight excluding hydrogens is 307 g/mol. The molecule has 1 aromatic rings. The van der Waals surface area contributed by atoms with E-state index in [9.17, 15) is 14.7 Å². The predicted octanol–water partition coefficient (Wildman–Crippen LogP) is -0.00758. The molecule has 1 aromatic heterocycles. The van der Waals surface area contributed by atoms with Crippen molar-refractivity contribution in [3.05, 3.63) is 32.6 Å². The molecule has 3 heterocycles. The van der Waals surface area contributed by atoms with Crippen LogP contribution in [-0.2, 0) is 14.9 Å². The number of ether oxygens (including phenoxy) is 2. The summed E-state index contributed by atoms with van der Waals surface area (Å²) < 4.78 is 12.8. The quantitative estimate of drug-likeness (QED) is 0.598. The molecule has 2 saturated heterocycles. The Kier molecular flexibility index (Phi) is 3.42. The fraction of sp³-hybridized carbons (Fsp3) is 0.714. The van der Waals surface area contributed by atoms with E-state index in [4.69, 9.17) is 9.47 Å². The molecule has 0 amide bonds. The van der Waals surface area contributed by atoms with Gasteiger partial charge in [0.05, 0.1) is 0 Å². The molecule has 124 valence electrons. The van der Waals surface area contributed by atoms with Gasteiger partial charge in [-0.05, 0) is 0 Å². The van der Waals surface area contributed by atoms with E-state index < -0.39 is 29.8 Å². The van der Waals surface area contributed by atoms with Gasteiger partial charge in [0.1, 0.15) is 0 Å². The summed E-state index contributed by atoms with van der Waals surface area (Å²) in [5, 5.41) is 10.7. The van der Waals surface area contributed by atoms with Gasteiger partial charge in [0.25, 0.3) is 0 Å². The molecular formula is C14H23N2O5P. The third-order valence-corrected chi connectivity index (χ3v) is 11.9. The van der Waals surface area contributed by atoms with Gasteiger partial charge in [-0.2, -0.15) is 0 Å². The standard InChI is InChI=1S/C14H23N2O5P/c1-5-22(6-2)11-13(19,20-4)8-21-14(11,22)16-7-9(3)10(17)15-12(16)18/h7,11,19,22H,5-6,8H2,1-4H3,(H,15,17,18)/t11-,13+,14+/m1/s1. The third kappa shape index (κ3) is 1.60. The van der Waals surface area contributed by atoms with Crippen LogP contribution in [-0.4, -0.2) is 52.1 Å². The average Bonchev–Trinajstić information content (AvgIpc) is 3.00. The number of nitrogens with one attached hydrogen (secondary N) is 1. The molecule has 0 spiro atoms. The van der Waals surface area contributed by atoms with Crippen LogP contribution >= 0.6 is 7.26 Å². The molecule has 3 atom stereocenters. The number of aryl methyl sites for hydroxylation is 1. The van der Waals surface area contributed by atoms with Crippen molar-refractivity contribution in [2.45, 2.75) is 37.7 Å². The Morgan fingerprint density at radius 2 is 2.14 bits per heavy atom. The van der Waals surface area contributed by atoms with Gasteiger partial charge in [0.15, 0.2) is 0 Å². The number of nitrogens with zero attached hydrogens (tertiary/aromatic N) is 1. The summed E-state index contributed by atoms with van der Waals surface area (Å²) in [7, 11) is -0.661. The zero-order valence-corrected chi connectivity index (χ0v) is 14.3. The molecule has 2 aliphatic heterocycles. The second-order valence-electron chi connectivity index (χ2n) is 6.27. The molecule has 22 heavy (non-hydrogen) atoms. The molecule has 0 aliphatic carbocycles. The van der Waals surface area contributed by atoms with Crippen LogP contribution in [0.2, 0.25) is 0 Å². The minimum absolute atomic E-state index is 0.0352. The zero-order valence-electron chi connectivity index (χ0n) is 13.3. The molecule has 0 bridgehead atoms. The van der Waals surface area contributed by atoms with Crippen molar-refractivity contribution in [3.8, 4) is 0 Å². The molecule has 2 aliphatic rings. The second kappa shape index (κ2) is 4.74. The summed E-state index contributed by atoms with van der Waals surface area (Å²) in [6.07, 6.45) is 3.28. The van der Waals surface area contributed by atoms with Gasteiger partial charge >= 0.3 is 128 Å². The molecule has 0 aromatic carbocycles. The Hall–Kier alpha value is -1.01. The maximum absolute atomic E-state index is 12.4. The number of rotatable bonds is 4. The van der Waals surface area contributed by atoms with Crippen molar-refractivity contribution < 1.29 is 14.6 Å². The zero-order chi connectivity index (χ0) is 16.3. The van der Waals surface area contributed by atoms with E-state index >= 15 is 0 Å². The first-order valence-electron chi connectivity index (χ1n) is 7.57. The molecule has 2 N–H and O–H groups in total. The first-order chi connectivity index (χ1) is 10.3. The van der Waals surface area contributed by atoms with E-state index in [2.05, 4.69) is 18.8 Å². The molecule has 2 fully saturated rings. The summed E-state index contributed by atoms with van der Waals surface area (Å²) in [5.74, 6) is -1.36. The van der Waals surface area contributed by atoms with Gasteiger partial charge in [0.2, 0.25) is 0 Å². The van der Waals surface area contributed by atoms with Crippen molar-refractivity contribution in [2.24, 2.45) is 0 Å². The van der Waals surface area contributed by atoms with Crippen molar-refractivity contribution in [1.29, 1.82) is 0 Å². The number of aromatic nitrogens is 2. The Morgan fingerprint density at radius 1 is 1.50 bits per heavy atom. The van der Waals surface area contributed by atoms with E-state index in [0.717, 1.165) is 12.3 Å². The minimum atomic E-state index is -2.12. The van der Waals surface area contributed by atoms with Crippen molar-refractivity contribution in [2.75, 3.05) is 26.0 Å². The summed E-state index contributed by atoms with van der Waals surface area (Å²) in [4.78, 5) is 26.3. The summed E-state index contributed by atoms with van der Waals surface area (Å²) in [5.41, 5.74) is -1.47. The van der Waals surface area contributed by atoms with E-state index in [-0.39, 0.29) is 12.3 Å². The monoisotopic (exact) mass is 330 g/mol. The number of methoxy groups -OCH3 is 1. The number of fused-ring (bicyclic) bond motifs is 1. The first kappa shape index (κ1) is 15.9. The Labute approximate surface area is 128 Å². The molecule has 3 rings (SSSR count). The normalized spacial score (nSPS) is 36.9. The molecule has 0 radical (unpaired) electrons. The second-order valence-corrected chi connectivity index (χ2v) is 11.3. The number of aromatic amines is 1. The van der Waals surface area contributed by atoms with E-state index in [1.165, 1.54) is 11.7 Å². The Balaban J connectivity index is 2.23. The van der Waals surface area contributed by atoms with Crippen LogP contribution in [0.25, 0.3) is 0 Å². The molecule has 7 nitrogen and oxygen atoms in total. The number of aliphatic hydroxyl groups is 1. The van der Waals surface area contributed by atoms with E-state index in [1.54, 1.807) is 13.1 Å². The number of hydrogen-bond donors (Lipinski definition) is 2. The van der Waals surface area contributed by atoms with Gasteiger partial charge in [-0.1, -0.05) is 0 Å². The fourth-order valence-electron chi connectivity index (χ4n) is 4.41. The number of H-pyrrole nitrogens is 1. The number of hydrogen-bond acceptors (Lipinski definition) is 5. The van der Waals surface area contributed by atoms with Crippen LogP contribution in [0.3, 0.4) is 0 Å². The van der Waals surface area contributed by atoms with Gasteiger partial charge in [0, 0.05) is 0 Å². The first-order valence-corrected chi connectivity index (χ1v) is 10.1. The fourth-order valence-corrected chi connectivity index (χ4v) is 11.0. The van der Waals surface area contributed by atoms with Gasteiger partial charge in [-0.25, -0.2) is 0 Å². The van der Waals surface area contributed by atoms with E-state index in [1.807, 2.05) is 0 Å². The van der Waals surface area contributed by atoms with Crippen molar-refractivity contribution in [1.82, 2.24) is 9.55 Å². The Bertz CT molecular complexity index is 725. The van der Waals surface area contributed by atoms with E-state index in [0.29, 0.717) is 5.56 Å². The SMILES string of the molecule is CC[PH]1(CC)[C@H]2[C@]1(n1cc(C)c(=O)[nH]c1=O)OC[C@]2(O)OC. The van der Waals surface area contributed by atoms with Crippen LogP contribution in [0.1, 0.15) is 19.4 Å². The van der Waals surface area contributed by atoms with Crippen LogP contribution in [0, 0.1) is 6.92 Å². The average molecular weight is 330 g/mol. The van der Waals surface area contributed by atoms with Crippen molar-refractivity contribution in [3.63, 3.8) is 0 Å². The molecule has 8 heteroatoms. The van der Waals surface area contributed by atoms with Crippen molar-refractivity contribution >= 4 is 7.26 Å². The van der Waals surface area contributed by atoms with Gasteiger partial charge in [-0.3, -0.25) is 0 Å². The Morgan fingerprint density at radius 3 is 2.68 bits per heavy atom. The summed E-state index contributed by atoms with van der Waals surface area (Å²) in [6, 6.07) is 0. The van der Waals surface area contributed by atoms with Crippen LogP contribution in [0.15, 0.2) is 15.8 Å². The summed E-state index contributed by atoms with van der Waals surface area (Å²) in [6.45, 7) is 5.83. The summed E-state index contributed by atoms with van der Waals surface area (Å²) >= 11 is 0. The predicted molar refractivity (Wildman–Crippen MR) is 85.1 cm³/mol. The molecule has 0 unspecified atom stereocenters. The topological polar surface area (TPSA) is 93.6 Å². The maximum atomic E-state index is 12.4. The van der Waals surface area contributed by atoms with Crippen LogP contribution < -0.4 is 11.2 Å². The van der Waals surface area contributed by atoms with Gasteiger partial charge in [-0.15, -0.1) is 0 Å². The van der Waals surface area contributed by atoms with Crippen LogP contribution in [0.5, 0.6) is 0 Å². The molecule has 0 saturated carbocycles. The van der Waals surface area contributed by atoms with Gasteiger partial charge < -0.3 is 0 Å². The van der Waals surface area contributed by atoms with Crippen LogP contribution in [0.4, 0.5) is 0 Å².